The number of halogens is 1. The van der Waals surface area contributed by atoms with Crippen molar-refractivity contribution in [3.05, 3.63) is 64.0 Å². The zero-order valence-corrected chi connectivity index (χ0v) is 20.2. The molecule has 168 valence electrons. The van der Waals surface area contributed by atoms with Crippen molar-refractivity contribution in [1.29, 1.82) is 0 Å². The summed E-state index contributed by atoms with van der Waals surface area (Å²) in [6.45, 7) is 8.05. The number of ether oxygens (including phenoxy) is 3. The summed E-state index contributed by atoms with van der Waals surface area (Å²) in [4.78, 5) is 16.9. The van der Waals surface area contributed by atoms with Crippen LogP contribution < -0.4 is 9.47 Å². The van der Waals surface area contributed by atoms with E-state index in [1.165, 1.54) is 0 Å². The van der Waals surface area contributed by atoms with Gasteiger partial charge in [-0.15, -0.1) is 0 Å². The second-order valence-corrected chi connectivity index (χ2v) is 9.75. The van der Waals surface area contributed by atoms with Crippen molar-refractivity contribution in [3.8, 4) is 23.0 Å². The first-order valence-corrected chi connectivity index (χ1v) is 11.3. The van der Waals surface area contributed by atoms with Crippen molar-refractivity contribution in [1.82, 2.24) is 4.98 Å². The van der Waals surface area contributed by atoms with E-state index in [1.54, 1.807) is 0 Å². The third-order valence-corrected chi connectivity index (χ3v) is 5.57. The maximum Gasteiger partial charge on any atom is 0.313 e. The third kappa shape index (κ3) is 5.33. The van der Waals surface area contributed by atoms with Crippen molar-refractivity contribution in [2.75, 3.05) is 6.61 Å². The van der Waals surface area contributed by atoms with Gasteiger partial charge in [0.15, 0.2) is 0 Å². The maximum absolute atomic E-state index is 12.4. The Bertz CT molecular complexity index is 1110. The average molecular weight is 500 g/mol. The zero-order valence-electron chi connectivity index (χ0n) is 18.6. The van der Waals surface area contributed by atoms with E-state index in [4.69, 9.17) is 18.6 Å². The van der Waals surface area contributed by atoms with Gasteiger partial charge in [-0.1, -0.05) is 22.0 Å². The highest BCUT2D eigenvalue weighted by molar-refractivity contribution is 9.10. The molecule has 0 bridgehead atoms. The Morgan fingerprint density at radius 1 is 1.19 bits per heavy atom. The van der Waals surface area contributed by atoms with Crippen LogP contribution in [0.4, 0.5) is 0 Å². The zero-order chi connectivity index (χ0) is 22.9. The standard InChI is InChI=1S/C25H26BrNO5/c1-15-21(27-23(31-15)16-5-8-19(26)9-6-16)14-29-20-10-7-17-11-18(13-30-22(17)12-20)24(28)32-25(2,3)4/h5-10,12,18H,11,13-14H2,1-4H3. The van der Waals surface area contributed by atoms with Gasteiger partial charge < -0.3 is 18.6 Å². The molecule has 0 saturated heterocycles. The molecule has 0 aliphatic carbocycles. The lowest BCUT2D eigenvalue weighted by Crippen LogP contribution is -2.34. The molecule has 2 aromatic carbocycles. The number of aromatic nitrogens is 1. The van der Waals surface area contributed by atoms with E-state index in [-0.39, 0.29) is 18.5 Å². The molecule has 0 radical (unpaired) electrons. The third-order valence-electron chi connectivity index (χ3n) is 5.04. The van der Waals surface area contributed by atoms with Crippen molar-refractivity contribution in [2.45, 2.75) is 46.3 Å². The lowest BCUT2D eigenvalue weighted by molar-refractivity contribution is -0.161. The molecule has 2 heterocycles. The topological polar surface area (TPSA) is 70.8 Å². The first-order valence-electron chi connectivity index (χ1n) is 10.5. The van der Waals surface area contributed by atoms with Crippen molar-refractivity contribution >= 4 is 21.9 Å². The highest BCUT2D eigenvalue weighted by Gasteiger charge is 2.30. The van der Waals surface area contributed by atoms with Gasteiger partial charge in [-0.3, -0.25) is 4.79 Å². The largest absolute Gasteiger partial charge is 0.492 e. The predicted molar refractivity (Wildman–Crippen MR) is 124 cm³/mol. The minimum Gasteiger partial charge on any atom is -0.492 e. The van der Waals surface area contributed by atoms with E-state index in [1.807, 2.05) is 70.2 Å². The molecule has 0 saturated carbocycles. The lowest BCUT2D eigenvalue weighted by Gasteiger charge is -2.27. The maximum atomic E-state index is 12.4. The average Bonchev–Trinajstić information content (AvgIpc) is 3.11. The molecule has 0 fully saturated rings. The summed E-state index contributed by atoms with van der Waals surface area (Å²) in [5.74, 6) is 2.16. The van der Waals surface area contributed by atoms with Gasteiger partial charge in [0.25, 0.3) is 0 Å². The monoisotopic (exact) mass is 499 g/mol. The van der Waals surface area contributed by atoms with Gasteiger partial charge in [0, 0.05) is 16.1 Å². The molecule has 32 heavy (non-hydrogen) atoms. The molecular weight excluding hydrogens is 474 g/mol. The van der Waals surface area contributed by atoms with Gasteiger partial charge in [-0.25, -0.2) is 4.98 Å². The Labute approximate surface area is 196 Å². The summed E-state index contributed by atoms with van der Waals surface area (Å²) in [5, 5.41) is 0. The van der Waals surface area contributed by atoms with E-state index in [0.29, 0.717) is 24.7 Å². The fraction of sp³-hybridized carbons (Fsp3) is 0.360. The van der Waals surface area contributed by atoms with Crippen LogP contribution in [0.25, 0.3) is 11.5 Å². The van der Waals surface area contributed by atoms with Gasteiger partial charge in [-0.2, -0.15) is 0 Å². The number of hydrogen-bond donors (Lipinski definition) is 0. The minimum atomic E-state index is -0.508. The number of carbonyl (C=O) groups excluding carboxylic acids is 1. The van der Waals surface area contributed by atoms with Crippen LogP contribution in [0, 0.1) is 12.8 Å². The summed E-state index contributed by atoms with van der Waals surface area (Å²) >= 11 is 3.43. The van der Waals surface area contributed by atoms with Crippen molar-refractivity contribution in [3.63, 3.8) is 0 Å². The van der Waals surface area contributed by atoms with Gasteiger partial charge in [0.05, 0.1) is 5.92 Å². The predicted octanol–water partition coefficient (Wildman–Crippen LogP) is 5.88. The van der Waals surface area contributed by atoms with Crippen LogP contribution in [0.15, 0.2) is 51.4 Å². The number of benzene rings is 2. The number of aryl methyl sites for hydroxylation is 1. The van der Waals surface area contributed by atoms with Gasteiger partial charge in [-0.05, 0) is 70.0 Å². The highest BCUT2D eigenvalue weighted by Crippen LogP contribution is 2.32. The number of rotatable bonds is 5. The van der Waals surface area contributed by atoms with E-state index in [2.05, 4.69) is 20.9 Å². The second-order valence-electron chi connectivity index (χ2n) is 8.83. The Kier molecular flexibility index (Phi) is 6.29. The molecule has 6 nitrogen and oxygen atoms in total. The number of esters is 1. The van der Waals surface area contributed by atoms with E-state index >= 15 is 0 Å². The van der Waals surface area contributed by atoms with Crippen LogP contribution >= 0.6 is 15.9 Å². The van der Waals surface area contributed by atoms with Gasteiger partial charge in [0.1, 0.15) is 41.8 Å². The second kappa shape index (κ2) is 8.98. The van der Waals surface area contributed by atoms with Crippen LogP contribution in [0.5, 0.6) is 11.5 Å². The van der Waals surface area contributed by atoms with Crippen molar-refractivity contribution in [2.24, 2.45) is 5.92 Å². The van der Waals surface area contributed by atoms with Crippen LogP contribution in [0.3, 0.4) is 0 Å². The quantitative estimate of drug-likeness (QED) is 0.408. The molecule has 0 spiro atoms. The molecule has 1 unspecified atom stereocenters. The van der Waals surface area contributed by atoms with Gasteiger partial charge >= 0.3 is 5.97 Å². The number of hydrogen-bond acceptors (Lipinski definition) is 6. The highest BCUT2D eigenvalue weighted by atomic mass is 79.9. The summed E-state index contributed by atoms with van der Waals surface area (Å²) in [6.07, 6.45) is 0.587. The SMILES string of the molecule is Cc1oc(-c2ccc(Br)cc2)nc1COc1ccc2c(c1)OCC(C(=O)OC(C)(C)C)C2. The summed E-state index contributed by atoms with van der Waals surface area (Å²) in [7, 11) is 0. The smallest absolute Gasteiger partial charge is 0.313 e. The molecular formula is C25H26BrNO5. The molecule has 1 aliphatic heterocycles. The Morgan fingerprint density at radius 3 is 2.66 bits per heavy atom. The number of nitrogens with zero attached hydrogens (tertiary/aromatic N) is 1. The molecule has 0 amide bonds. The van der Waals surface area contributed by atoms with Crippen LogP contribution in [-0.2, 0) is 22.6 Å². The van der Waals surface area contributed by atoms with Crippen LogP contribution in [0.1, 0.15) is 37.8 Å². The fourth-order valence-electron chi connectivity index (χ4n) is 3.41. The van der Waals surface area contributed by atoms with E-state index in [0.717, 1.165) is 32.8 Å². The summed E-state index contributed by atoms with van der Waals surface area (Å²) in [6, 6.07) is 13.5. The molecule has 0 N–H and O–H groups in total. The fourth-order valence-corrected chi connectivity index (χ4v) is 3.67. The van der Waals surface area contributed by atoms with E-state index < -0.39 is 5.60 Å². The first-order chi connectivity index (χ1) is 15.2. The Balaban J connectivity index is 1.40. The minimum absolute atomic E-state index is 0.230. The summed E-state index contributed by atoms with van der Waals surface area (Å²) < 4.78 is 24.1. The van der Waals surface area contributed by atoms with Crippen LogP contribution in [0.2, 0.25) is 0 Å². The van der Waals surface area contributed by atoms with Crippen LogP contribution in [-0.4, -0.2) is 23.2 Å². The number of fused-ring (bicyclic) bond motifs is 1. The number of carbonyl (C=O) groups is 1. The molecule has 1 atom stereocenters. The first kappa shape index (κ1) is 22.4. The molecule has 1 aromatic heterocycles. The molecule has 4 rings (SSSR count). The van der Waals surface area contributed by atoms with E-state index in [9.17, 15) is 4.79 Å². The summed E-state index contributed by atoms with van der Waals surface area (Å²) in [5.41, 5.74) is 2.11. The molecule has 7 heteroatoms. The lowest BCUT2D eigenvalue weighted by atomic mass is 9.96. The number of oxazole rings is 1. The molecule has 3 aromatic rings. The molecule has 1 aliphatic rings. The normalized spacial score (nSPS) is 15.6. The van der Waals surface area contributed by atoms with Gasteiger partial charge in [0.2, 0.25) is 5.89 Å². The van der Waals surface area contributed by atoms with Crippen molar-refractivity contribution < 1.29 is 23.4 Å². The Hall–Kier alpha value is -2.80. The Morgan fingerprint density at radius 2 is 1.94 bits per heavy atom.